The molecular weight excluding hydrogens is 536 g/mol. The van der Waals surface area contributed by atoms with E-state index in [1.54, 1.807) is 7.11 Å². The van der Waals surface area contributed by atoms with Gasteiger partial charge in [0.15, 0.2) is 0 Å². The molecule has 2 aromatic rings. The molecule has 3 aliphatic heterocycles. The number of carbonyl (C=O) groups is 1. The van der Waals surface area contributed by atoms with Crippen LogP contribution in [0.3, 0.4) is 0 Å². The Morgan fingerprint density at radius 3 is 2.88 bits per heavy atom. The molecule has 5 unspecified atom stereocenters. The molecule has 5 atom stereocenters. The van der Waals surface area contributed by atoms with E-state index in [4.69, 9.17) is 21.4 Å². The molecule has 1 spiro atoms. The first kappa shape index (κ1) is 27.4. The molecule has 8 nitrogen and oxygen atoms in total. The van der Waals surface area contributed by atoms with Crippen LogP contribution in [-0.4, -0.2) is 78.4 Å². The van der Waals surface area contributed by atoms with E-state index in [2.05, 4.69) is 59.1 Å². The van der Waals surface area contributed by atoms with Gasteiger partial charge in [-0.25, -0.2) is 0 Å². The number of hydrogen-bond donors (Lipinski definition) is 2. The molecule has 4 heterocycles. The van der Waals surface area contributed by atoms with Crippen LogP contribution in [0.25, 0.3) is 11.3 Å². The standard InChI is InChI=1S/C32H43ClN6O2/c1-5-27(40)38-17-32(18-38)14-23(15-32)39-20(3)28(29-24-16-34-35-25(24)12-19(2)30(29)33)31(36-39)22-6-7-26-21(13-22)8-9-37(26)10-11-41-4/h5-7,13,19,23-25,29-30,34-35H,1,8-12,14-18H2,2-4H3. The summed E-state index contributed by atoms with van der Waals surface area (Å²) in [5, 5.41) is 5.49. The second-order valence-corrected chi connectivity index (χ2v) is 13.8. The van der Waals surface area contributed by atoms with E-state index in [1.165, 1.54) is 34.1 Å². The number of nitrogens with one attached hydrogen (secondary N) is 2. The van der Waals surface area contributed by atoms with E-state index < -0.39 is 0 Å². The maximum atomic E-state index is 12.1. The third-order valence-electron chi connectivity index (χ3n) is 10.8. The van der Waals surface area contributed by atoms with Gasteiger partial charge >= 0.3 is 0 Å². The summed E-state index contributed by atoms with van der Waals surface area (Å²) in [5.74, 6) is 1.11. The summed E-state index contributed by atoms with van der Waals surface area (Å²) < 4.78 is 7.67. The Hall–Kier alpha value is -2.39. The number of anilines is 1. The highest BCUT2D eigenvalue weighted by atomic mass is 35.5. The quantitative estimate of drug-likeness (QED) is 0.382. The number of aromatic nitrogens is 2. The molecule has 9 heteroatoms. The molecular formula is C32H43ClN6O2. The predicted octanol–water partition coefficient (Wildman–Crippen LogP) is 4.04. The van der Waals surface area contributed by atoms with Gasteiger partial charge in [0.1, 0.15) is 0 Å². The Bertz CT molecular complexity index is 1340. The molecule has 7 rings (SSSR count). The number of ether oxygens (including phenoxy) is 1. The topological polar surface area (TPSA) is 74.7 Å². The third-order valence-corrected chi connectivity index (χ3v) is 11.5. The van der Waals surface area contributed by atoms with Crippen LogP contribution < -0.4 is 15.8 Å². The Morgan fingerprint density at radius 1 is 1.32 bits per heavy atom. The highest BCUT2D eigenvalue weighted by Crippen LogP contribution is 2.56. The van der Waals surface area contributed by atoms with Crippen LogP contribution in [0.15, 0.2) is 30.9 Å². The molecule has 1 amide bonds. The number of likely N-dealkylation sites (tertiary alicyclic amines) is 1. The number of carbonyl (C=O) groups excluding carboxylic acids is 1. The average Bonchev–Trinajstić information content (AvgIpc) is 3.64. The van der Waals surface area contributed by atoms with Crippen molar-refractivity contribution in [2.75, 3.05) is 51.3 Å². The lowest BCUT2D eigenvalue weighted by atomic mass is 9.60. The van der Waals surface area contributed by atoms with Crippen LogP contribution in [-0.2, 0) is 16.0 Å². The van der Waals surface area contributed by atoms with Gasteiger partial charge in [0.05, 0.1) is 18.3 Å². The van der Waals surface area contributed by atoms with Gasteiger partial charge in [-0.15, -0.1) is 11.6 Å². The molecule has 0 bridgehead atoms. The van der Waals surface area contributed by atoms with Crippen LogP contribution in [0.1, 0.15) is 55.0 Å². The number of hydrogen-bond acceptors (Lipinski definition) is 6. The number of alkyl halides is 1. The van der Waals surface area contributed by atoms with Gasteiger partial charge < -0.3 is 14.5 Å². The lowest BCUT2D eigenvalue weighted by molar-refractivity contribution is -0.149. The summed E-state index contributed by atoms with van der Waals surface area (Å²) in [4.78, 5) is 16.4. The molecule has 2 saturated heterocycles. The molecule has 5 aliphatic rings. The van der Waals surface area contributed by atoms with Crippen LogP contribution in [0.2, 0.25) is 0 Å². The number of methoxy groups -OCH3 is 1. The maximum Gasteiger partial charge on any atom is 0.245 e. The Kier molecular flexibility index (Phi) is 6.96. The van der Waals surface area contributed by atoms with Crippen molar-refractivity contribution in [2.45, 2.75) is 62.9 Å². The lowest BCUT2D eigenvalue weighted by Gasteiger charge is -2.58. The van der Waals surface area contributed by atoms with E-state index in [9.17, 15) is 4.79 Å². The second-order valence-electron chi connectivity index (χ2n) is 13.3. The summed E-state index contributed by atoms with van der Waals surface area (Å²) in [5.41, 5.74) is 14.8. The van der Waals surface area contributed by atoms with Crippen molar-refractivity contribution < 1.29 is 9.53 Å². The molecule has 41 heavy (non-hydrogen) atoms. The van der Waals surface area contributed by atoms with Crippen molar-refractivity contribution in [1.29, 1.82) is 0 Å². The van der Waals surface area contributed by atoms with Crippen molar-refractivity contribution in [2.24, 2.45) is 17.3 Å². The summed E-state index contributed by atoms with van der Waals surface area (Å²) in [6.07, 6.45) is 5.69. The number of amides is 1. The fraction of sp³-hybridized carbons (Fsp3) is 0.625. The Morgan fingerprint density at radius 2 is 2.12 bits per heavy atom. The fourth-order valence-electron chi connectivity index (χ4n) is 8.63. The van der Waals surface area contributed by atoms with Crippen molar-refractivity contribution in [3.05, 3.63) is 47.7 Å². The molecule has 4 fully saturated rings. The normalized spacial score (nSPS) is 30.2. The number of nitrogens with zero attached hydrogens (tertiary/aromatic N) is 4. The van der Waals surface area contributed by atoms with E-state index in [-0.39, 0.29) is 22.6 Å². The molecule has 220 valence electrons. The first-order valence-electron chi connectivity index (χ1n) is 15.3. The van der Waals surface area contributed by atoms with Crippen LogP contribution in [0.4, 0.5) is 5.69 Å². The van der Waals surface area contributed by atoms with Gasteiger partial charge in [-0.2, -0.15) is 5.10 Å². The van der Waals surface area contributed by atoms with Crippen LogP contribution >= 0.6 is 11.6 Å². The zero-order valence-electron chi connectivity index (χ0n) is 24.5. The molecule has 1 aromatic carbocycles. The van der Waals surface area contributed by atoms with E-state index >= 15 is 0 Å². The predicted molar refractivity (Wildman–Crippen MR) is 162 cm³/mol. The first-order valence-corrected chi connectivity index (χ1v) is 15.8. The van der Waals surface area contributed by atoms with Crippen LogP contribution in [0.5, 0.6) is 0 Å². The highest BCUT2D eigenvalue weighted by Gasteiger charge is 2.55. The molecule has 1 aromatic heterocycles. The van der Waals surface area contributed by atoms with Gasteiger partial charge in [-0.05, 0) is 68.2 Å². The van der Waals surface area contributed by atoms with Crippen molar-refractivity contribution in [3.63, 3.8) is 0 Å². The lowest BCUT2D eigenvalue weighted by Crippen LogP contribution is -2.63. The molecule has 2 N–H and O–H groups in total. The smallest absolute Gasteiger partial charge is 0.245 e. The minimum absolute atomic E-state index is 0.0456. The van der Waals surface area contributed by atoms with Crippen LogP contribution in [0, 0.1) is 24.2 Å². The van der Waals surface area contributed by atoms with Crippen molar-refractivity contribution in [1.82, 2.24) is 25.5 Å². The minimum Gasteiger partial charge on any atom is -0.383 e. The number of hydrazine groups is 1. The monoisotopic (exact) mass is 578 g/mol. The highest BCUT2D eigenvalue weighted by molar-refractivity contribution is 6.21. The largest absolute Gasteiger partial charge is 0.383 e. The fourth-order valence-corrected chi connectivity index (χ4v) is 9.05. The Balaban J connectivity index is 1.24. The van der Waals surface area contributed by atoms with Crippen molar-refractivity contribution >= 4 is 23.2 Å². The van der Waals surface area contributed by atoms with Gasteiger partial charge in [0.2, 0.25) is 5.91 Å². The van der Waals surface area contributed by atoms with E-state index in [1.807, 2.05) is 4.90 Å². The third kappa shape index (κ3) is 4.44. The van der Waals surface area contributed by atoms with Gasteiger partial charge in [-0.1, -0.05) is 19.6 Å². The zero-order chi connectivity index (χ0) is 28.5. The first-order chi connectivity index (χ1) is 19.8. The summed E-state index contributed by atoms with van der Waals surface area (Å²) in [7, 11) is 1.77. The van der Waals surface area contributed by atoms with Gasteiger partial charge in [0, 0.05) is 85.1 Å². The summed E-state index contributed by atoms with van der Waals surface area (Å²) in [6, 6.07) is 7.71. The van der Waals surface area contributed by atoms with Gasteiger partial charge in [0.25, 0.3) is 0 Å². The van der Waals surface area contributed by atoms with Crippen molar-refractivity contribution in [3.8, 4) is 11.3 Å². The Labute approximate surface area is 248 Å². The second kappa shape index (κ2) is 10.4. The summed E-state index contributed by atoms with van der Waals surface area (Å²) in [6.45, 7) is 13.5. The number of rotatable bonds is 7. The minimum atomic E-state index is 0.0456. The number of benzene rings is 1. The molecule has 0 radical (unpaired) electrons. The number of fused-ring (bicyclic) bond motifs is 2. The molecule has 2 saturated carbocycles. The average molecular weight is 579 g/mol. The zero-order valence-corrected chi connectivity index (χ0v) is 25.3. The van der Waals surface area contributed by atoms with E-state index in [0.29, 0.717) is 23.9 Å². The summed E-state index contributed by atoms with van der Waals surface area (Å²) >= 11 is 7.34. The number of halogens is 1. The molecule has 2 aliphatic carbocycles. The maximum absolute atomic E-state index is 12.1. The van der Waals surface area contributed by atoms with Gasteiger partial charge in [-0.3, -0.25) is 20.3 Å². The SMILES string of the molecule is C=CC(=O)N1CC2(CC(n3nc(-c4ccc5c(c4)CCN5CCOC)c(C4C(Cl)C(C)CC5NNCC54)c3C)C2)C1. The van der Waals surface area contributed by atoms with E-state index in [0.717, 1.165) is 70.7 Å².